The molecule has 0 aromatic heterocycles. The summed E-state index contributed by atoms with van der Waals surface area (Å²) in [4.78, 5) is 26.6. The number of carbonyl (C=O) groups excluding carboxylic acids is 2. The molecule has 0 bridgehead atoms. The Bertz CT molecular complexity index is 994. The summed E-state index contributed by atoms with van der Waals surface area (Å²) in [5.74, 6) is -0.0248. The number of carbonyl (C=O) groups is 2. The van der Waals surface area contributed by atoms with E-state index >= 15 is 0 Å². The molecule has 0 fully saturated rings. The molecular weight excluding hydrogens is 330 g/mol. The highest BCUT2D eigenvalue weighted by atomic mass is 16.5. The van der Waals surface area contributed by atoms with Gasteiger partial charge in [0.05, 0.1) is 16.8 Å². The van der Waals surface area contributed by atoms with Crippen molar-refractivity contribution in [3.8, 4) is 11.5 Å². The van der Waals surface area contributed by atoms with Gasteiger partial charge in [-0.05, 0) is 48.5 Å². The maximum atomic E-state index is 12.8. The van der Waals surface area contributed by atoms with E-state index in [0.717, 1.165) is 4.90 Å². The molecule has 26 heavy (non-hydrogen) atoms. The van der Waals surface area contributed by atoms with Crippen LogP contribution in [-0.2, 0) is 0 Å². The number of nitrogens with zero attached hydrogens (tertiary/aromatic N) is 1. The van der Waals surface area contributed by atoms with E-state index in [1.165, 1.54) is 0 Å². The number of hydrogen-bond acceptors (Lipinski definition) is 5. The zero-order valence-corrected chi connectivity index (χ0v) is 13.7. The van der Waals surface area contributed by atoms with E-state index in [1.54, 1.807) is 66.7 Å². The van der Waals surface area contributed by atoms with Crippen LogP contribution in [0.15, 0.2) is 66.7 Å². The minimum Gasteiger partial charge on any atom is -0.455 e. The first kappa shape index (κ1) is 15.7. The Balaban J connectivity index is 1.79. The molecule has 0 aliphatic carbocycles. The van der Waals surface area contributed by atoms with Crippen LogP contribution in [0.4, 0.5) is 17.1 Å². The van der Waals surface area contributed by atoms with Crippen molar-refractivity contribution in [2.45, 2.75) is 0 Å². The van der Waals surface area contributed by atoms with Crippen LogP contribution in [0.3, 0.4) is 0 Å². The summed E-state index contributed by atoms with van der Waals surface area (Å²) in [7, 11) is 0. The molecule has 1 heterocycles. The number of amides is 2. The molecule has 3 aromatic carbocycles. The third-order valence-corrected chi connectivity index (χ3v) is 4.16. The van der Waals surface area contributed by atoms with Crippen molar-refractivity contribution in [2.75, 3.05) is 16.4 Å². The normalized spacial score (nSPS) is 13.0. The zero-order valence-electron chi connectivity index (χ0n) is 13.7. The molecule has 1 aliphatic rings. The summed E-state index contributed by atoms with van der Waals surface area (Å²) < 4.78 is 5.87. The Morgan fingerprint density at radius 3 is 1.96 bits per heavy atom. The highest BCUT2D eigenvalue weighted by Gasteiger charge is 2.38. The van der Waals surface area contributed by atoms with Gasteiger partial charge in [0.2, 0.25) is 0 Å². The number of hydrogen-bond donors (Lipinski definition) is 2. The highest BCUT2D eigenvalue weighted by molar-refractivity contribution is 6.35. The van der Waals surface area contributed by atoms with Crippen LogP contribution < -0.4 is 21.1 Å². The van der Waals surface area contributed by atoms with Crippen molar-refractivity contribution in [1.82, 2.24) is 0 Å². The summed E-state index contributed by atoms with van der Waals surface area (Å²) in [6.07, 6.45) is 0. The largest absolute Gasteiger partial charge is 0.455 e. The first-order chi connectivity index (χ1) is 12.6. The van der Waals surface area contributed by atoms with Crippen molar-refractivity contribution >= 4 is 28.9 Å². The predicted octanol–water partition coefficient (Wildman–Crippen LogP) is 3.44. The van der Waals surface area contributed by atoms with E-state index in [0.29, 0.717) is 28.3 Å². The molecule has 2 amide bonds. The van der Waals surface area contributed by atoms with Gasteiger partial charge >= 0.3 is 0 Å². The van der Waals surface area contributed by atoms with Gasteiger partial charge in [0.25, 0.3) is 11.8 Å². The van der Waals surface area contributed by atoms with Crippen LogP contribution in [0.2, 0.25) is 0 Å². The second kappa shape index (κ2) is 5.93. The Morgan fingerprint density at radius 1 is 0.731 bits per heavy atom. The van der Waals surface area contributed by atoms with Crippen molar-refractivity contribution in [1.29, 1.82) is 0 Å². The van der Waals surface area contributed by atoms with Crippen LogP contribution in [-0.4, -0.2) is 11.8 Å². The van der Waals surface area contributed by atoms with Crippen LogP contribution in [0.25, 0.3) is 0 Å². The van der Waals surface area contributed by atoms with E-state index in [9.17, 15) is 9.59 Å². The van der Waals surface area contributed by atoms with E-state index in [2.05, 4.69) is 0 Å². The zero-order chi connectivity index (χ0) is 18.3. The van der Waals surface area contributed by atoms with Gasteiger partial charge in [-0.2, -0.15) is 0 Å². The average molecular weight is 345 g/mol. The number of rotatable bonds is 3. The van der Waals surface area contributed by atoms with Gasteiger partial charge in [-0.3, -0.25) is 9.59 Å². The third-order valence-electron chi connectivity index (χ3n) is 4.16. The Morgan fingerprint density at radius 2 is 1.35 bits per heavy atom. The van der Waals surface area contributed by atoms with Gasteiger partial charge in [0, 0.05) is 5.69 Å². The summed E-state index contributed by atoms with van der Waals surface area (Å²) in [5, 5.41) is 0. The third kappa shape index (κ3) is 2.44. The van der Waals surface area contributed by atoms with E-state index in [-0.39, 0.29) is 11.4 Å². The molecule has 3 aromatic rings. The fourth-order valence-electron chi connectivity index (χ4n) is 2.92. The molecular formula is C20H15N3O3. The Hall–Kier alpha value is -3.80. The summed E-state index contributed by atoms with van der Waals surface area (Å²) >= 11 is 0. The van der Waals surface area contributed by atoms with Crippen LogP contribution in [0.1, 0.15) is 20.7 Å². The van der Waals surface area contributed by atoms with Crippen LogP contribution in [0, 0.1) is 0 Å². The second-order valence-corrected chi connectivity index (χ2v) is 5.86. The lowest BCUT2D eigenvalue weighted by Crippen LogP contribution is -2.30. The van der Waals surface area contributed by atoms with Gasteiger partial charge in [-0.1, -0.05) is 18.2 Å². The standard InChI is InChI=1S/C20H15N3O3/c21-12-8-10-13(11-9-12)26-17-7-3-6-16(22)18(17)23-19(24)14-4-1-2-5-15(14)20(23)25/h1-11H,21-22H2. The molecule has 6 heteroatoms. The summed E-state index contributed by atoms with van der Waals surface area (Å²) in [5.41, 5.74) is 13.6. The van der Waals surface area contributed by atoms with Gasteiger partial charge in [-0.15, -0.1) is 0 Å². The molecule has 128 valence electrons. The molecule has 0 unspecified atom stereocenters. The number of para-hydroxylation sites is 1. The molecule has 0 radical (unpaired) electrons. The van der Waals surface area contributed by atoms with E-state index < -0.39 is 11.8 Å². The SMILES string of the molecule is Nc1ccc(Oc2cccc(N)c2N2C(=O)c3ccccc3C2=O)cc1. The van der Waals surface area contributed by atoms with Gasteiger partial charge < -0.3 is 16.2 Å². The number of nitrogens with two attached hydrogens (primary N) is 2. The van der Waals surface area contributed by atoms with Crippen LogP contribution >= 0.6 is 0 Å². The lowest BCUT2D eigenvalue weighted by atomic mass is 10.1. The summed E-state index contributed by atoms with van der Waals surface area (Å²) in [6.45, 7) is 0. The van der Waals surface area contributed by atoms with Gasteiger partial charge in [0.15, 0.2) is 5.75 Å². The number of imide groups is 1. The molecule has 4 rings (SSSR count). The molecule has 6 nitrogen and oxygen atoms in total. The molecule has 1 aliphatic heterocycles. The predicted molar refractivity (Wildman–Crippen MR) is 99.4 cm³/mol. The maximum Gasteiger partial charge on any atom is 0.266 e. The fraction of sp³-hybridized carbons (Fsp3) is 0. The number of anilines is 3. The topological polar surface area (TPSA) is 98.6 Å². The Labute approximate surface area is 149 Å². The molecule has 4 N–H and O–H groups in total. The summed E-state index contributed by atoms with van der Waals surface area (Å²) in [6, 6.07) is 18.4. The fourth-order valence-corrected chi connectivity index (χ4v) is 2.92. The van der Waals surface area contributed by atoms with Crippen molar-refractivity contribution in [2.24, 2.45) is 0 Å². The minimum atomic E-state index is -0.425. The average Bonchev–Trinajstić information content (AvgIpc) is 2.89. The molecule has 0 atom stereocenters. The van der Waals surface area contributed by atoms with Gasteiger partial charge in [-0.25, -0.2) is 4.90 Å². The van der Waals surface area contributed by atoms with Crippen LogP contribution in [0.5, 0.6) is 11.5 Å². The lowest BCUT2D eigenvalue weighted by molar-refractivity contribution is 0.0925. The lowest BCUT2D eigenvalue weighted by Gasteiger charge is -2.20. The maximum absolute atomic E-state index is 12.8. The smallest absolute Gasteiger partial charge is 0.266 e. The highest BCUT2D eigenvalue weighted by Crippen LogP contribution is 2.41. The Kier molecular flexibility index (Phi) is 3.58. The first-order valence-electron chi connectivity index (χ1n) is 7.96. The second-order valence-electron chi connectivity index (χ2n) is 5.86. The molecule has 0 saturated carbocycles. The molecule has 0 spiro atoms. The van der Waals surface area contributed by atoms with Crippen molar-refractivity contribution in [3.05, 3.63) is 77.9 Å². The van der Waals surface area contributed by atoms with Crippen molar-refractivity contribution < 1.29 is 14.3 Å². The van der Waals surface area contributed by atoms with E-state index in [4.69, 9.17) is 16.2 Å². The number of nitrogen functional groups attached to an aromatic ring is 2. The number of ether oxygens (including phenoxy) is 1. The van der Waals surface area contributed by atoms with E-state index in [1.807, 2.05) is 0 Å². The first-order valence-corrected chi connectivity index (χ1v) is 7.96. The number of benzene rings is 3. The minimum absolute atomic E-state index is 0.232. The van der Waals surface area contributed by atoms with Crippen molar-refractivity contribution in [3.63, 3.8) is 0 Å². The number of fused-ring (bicyclic) bond motifs is 1. The van der Waals surface area contributed by atoms with Gasteiger partial charge in [0.1, 0.15) is 11.4 Å². The monoisotopic (exact) mass is 345 g/mol. The molecule has 0 saturated heterocycles. The quantitative estimate of drug-likeness (QED) is 0.559.